The predicted octanol–water partition coefficient (Wildman–Crippen LogP) is 2.23. The maximum absolute atomic E-state index is 13.3. The minimum absolute atomic E-state index is 0.0177. The van der Waals surface area contributed by atoms with Gasteiger partial charge in [-0.2, -0.15) is 4.31 Å². The molecule has 2 aromatic rings. The Hall–Kier alpha value is -3.28. The van der Waals surface area contributed by atoms with E-state index < -0.39 is 33.5 Å². The summed E-state index contributed by atoms with van der Waals surface area (Å²) in [4.78, 5) is 38.4. The van der Waals surface area contributed by atoms with E-state index in [1.165, 1.54) is 40.1 Å². The number of nitrogens with one attached hydrogen (secondary N) is 3. The van der Waals surface area contributed by atoms with Crippen LogP contribution in [0.4, 0.5) is 5.69 Å². The van der Waals surface area contributed by atoms with Gasteiger partial charge in [0.25, 0.3) is 0 Å². The number of carbonyl (C=O) groups excluding carboxylic acids is 3. The molecule has 3 N–H and O–H groups in total. The van der Waals surface area contributed by atoms with Gasteiger partial charge < -0.3 is 20.7 Å². The van der Waals surface area contributed by atoms with Crippen molar-refractivity contribution in [1.29, 1.82) is 0 Å². The van der Waals surface area contributed by atoms with Gasteiger partial charge in [-0.25, -0.2) is 13.2 Å². The van der Waals surface area contributed by atoms with Crippen LogP contribution >= 0.6 is 0 Å². The van der Waals surface area contributed by atoms with Gasteiger partial charge in [0.1, 0.15) is 11.6 Å². The molecule has 0 aromatic heterocycles. The van der Waals surface area contributed by atoms with E-state index in [0.717, 1.165) is 41.4 Å². The van der Waals surface area contributed by atoms with Gasteiger partial charge in [0, 0.05) is 25.1 Å². The molecule has 0 bridgehead atoms. The smallest absolute Gasteiger partial charge is 0.328 e. The largest absolute Gasteiger partial charge is 0.467 e. The summed E-state index contributed by atoms with van der Waals surface area (Å²) in [6.07, 6.45) is 1.70. The first kappa shape index (κ1) is 30.3. The molecule has 1 aliphatic rings. The number of hydrogen-bond donors (Lipinski definition) is 3. The van der Waals surface area contributed by atoms with Crippen molar-refractivity contribution >= 4 is 33.5 Å². The molecular formula is C28H38N4O6S. The number of nitrogens with zero attached hydrogens (tertiary/aromatic N) is 1. The third-order valence-corrected chi connectivity index (χ3v) is 9.23. The van der Waals surface area contributed by atoms with Crippen LogP contribution in [-0.4, -0.2) is 69.3 Å². The van der Waals surface area contributed by atoms with E-state index in [4.69, 9.17) is 4.74 Å². The fraction of sp³-hybridized carbons (Fsp3) is 0.464. The molecule has 1 saturated heterocycles. The van der Waals surface area contributed by atoms with Crippen LogP contribution in [-0.2, 0) is 35.6 Å². The minimum atomic E-state index is -3.98. The fourth-order valence-corrected chi connectivity index (χ4v) is 5.75. The van der Waals surface area contributed by atoms with Gasteiger partial charge in [-0.3, -0.25) is 9.59 Å². The number of hydrogen-bond acceptors (Lipinski definition) is 7. The molecule has 1 aliphatic heterocycles. The summed E-state index contributed by atoms with van der Waals surface area (Å²) in [7, 11) is -1.43. The van der Waals surface area contributed by atoms with E-state index in [1.807, 2.05) is 6.92 Å². The van der Waals surface area contributed by atoms with Crippen LogP contribution in [0.25, 0.3) is 0 Å². The van der Waals surface area contributed by atoms with Crippen LogP contribution in [0.2, 0.25) is 0 Å². The summed E-state index contributed by atoms with van der Waals surface area (Å²) in [5, 5.41) is 8.83. The van der Waals surface area contributed by atoms with Gasteiger partial charge in [-0.1, -0.05) is 29.8 Å². The van der Waals surface area contributed by atoms with E-state index in [2.05, 4.69) is 16.0 Å². The van der Waals surface area contributed by atoms with Crippen molar-refractivity contribution in [2.75, 3.05) is 32.6 Å². The van der Waals surface area contributed by atoms with Gasteiger partial charge >= 0.3 is 5.97 Å². The second kappa shape index (κ2) is 12.7. The molecule has 0 unspecified atom stereocenters. The van der Waals surface area contributed by atoms with Gasteiger partial charge in [-0.15, -0.1) is 0 Å². The van der Waals surface area contributed by atoms with Gasteiger partial charge in [0.2, 0.25) is 21.8 Å². The lowest BCUT2D eigenvalue weighted by molar-refractivity contribution is -0.146. The zero-order chi connectivity index (χ0) is 28.8. The Morgan fingerprint density at radius 2 is 1.64 bits per heavy atom. The standard InChI is InChI=1S/C28H38N4O6S/c1-19-6-12-23(13-7-19)39(36,37)32(4)28(2,3)27(35)31-24(26(34)38-5)18-20-8-10-22(11-9-20)30-25(33)21-14-16-29-17-15-21/h6-13,21,24,29H,14-18H2,1-5H3,(H,30,33)(H,31,35)/t24-/m0/s1. The molecular weight excluding hydrogens is 520 g/mol. The van der Waals surface area contributed by atoms with Gasteiger partial charge in [0.05, 0.1) is 12.0 Å². The van der Waals surface area contributed by atoms with Crippen LogP contribution in [0.15, 0.2) is 53.4 Å². The second-order valence-corrected chi connectivity index (χ2v) is 12.3. The highest BCUT2D eigenvalue weighted by atomic mass is 32.2. The molecule has 0 spiro atoms. The highest BCUT2D eigenvalue weighted by Gasteiger charge is 2.41. The Bertz CT molecular complexity index is 1270. The van der Waals surface area contributed by atoms with Gasteiger partial charge in [0.15, 0.2) is 0 Å². The average Bonchev–Trinajstić information content (AvgIpc) is 2.93. The first-order valence-electron chi connectivity index (χ1n) is 12.9. The number of benzene rings is 2. The number of anilines is 1. The molecule has 39 heavy (non-hydrogen) atoms. The summed E-state index contributed by atoms with van der Waals surface area (Å²) in [6.45, 7) is 6.44. The predicted molar refractivity (Wildman–Crippen MR) is 149 cm³/mol. The normalized spacial score (nSPS) is 15.4. The second-order valence-electron chi connectivity index (χ2n) is 10.3. The number of piperidine rings is 1. The Kier molecular flexibility index (Phi) is 9.87. The molecule has 3 rings (SSSR count). The van der Waals surface area contributed by atoms with Crippen molar-refractivity contribution in [1.82, 2.24) is 14.9 Å². The summed E-state index contributed by atoms with van der Waals surface area (Å²) in [5.74, 6) is -1.36. The maximum atomic E-state index is 13.3. The molecule has 10 nitrogen and oxygen atoms in total. The number of rotatable bonds is 10. The van der Waals surface area contributed by atoms with Crippen LogP contribution in [0, 0.1) is 12.8 Å². The van der Waals surface area contributed by atoms with Crippen LogP contribution < -0.4 is 16.0 Å². The summed E-state index contributed by atoms with van der Waals surface area (Å²) < 4.78 is 32.3. The molecule has 212 valence electrons. The van der Waals surface area contributed by atoms with Crippen LogP contribution in [0.5, 0.6) is 0 Å². The molecule has 0 aliphatic carbocycles. The van der Waals surface area contributed by atoms with Crippen molar-refractivity contribution in [3.8, 4) is 0 Å². The number of esters is 1. The highest BCUT2D eigenvalue weighted by molar-refractivity contribution is 7.89. The third-order valence-electron chi connectivity index (χ3n) is 7.18. The first-order chi connectivity index (χ1) is 18.4. The zero-order valence-electron chi connectivity index (χ0n) is 23.1. The monoisotopic (exact) mass is 558 g/mol. The number of methoxy groups -OCH3 is 1. The van der Waals surface area contributed by atoms with Crippen molar-refractivity contribution in [3.63, 3.8) is 0 Å². The number of ether oxygens (including phenoxy) is 1. The number of sulfonamides is 1. The Labute approximate surface area is 230 Å². The summed E-state index contributed by atoms with van der Waals surface area (Å²) >= 11 is 0. The van der Waals surface area contributed by atoms with Crippen molar-refractivity contribution in [2.24, 2.45) is 5.92 Å². The molecule has 1 fully saturated rings. The Balaban J connectivity index is 1.69. The van der Waals surface area contributed by atoms with E-state index >= 15 is 0 Å². The van der Waals surface area contributed by atoms with E-state index in [0.29, 0.717) is 5.69 Å². The Morgan fingerprint density at radius 3 is 2.21 bits per heavy atom. The molecule has 0 radical (unpaired) electrons. The third kappa shape index (κ3) is 7.43. The first-order valence-corrected chi connectivity index (χ1v) is 14.3. The SMILES string of the molecule is COC(=O)[C@H](Cc1ccc(NC(=O)C2CCNCC2)cc1)NC(=O)C(C)(C)N(C)S(=O)(=O)c1ccc(C)cc1. The van der Waals surface area contributed by atoms with Crippen molar-refractivity contribution in [3.05, 3.63) is 59.7 Å². The van der Waals surface area contributed by atoms with Crippen LogP contribution in [0.1, 0.15) is 37.8 Å². The lowest BCUT2D eigenvalue weighted by Crippen LogP contribution is -2.58. The quantitative estimate of drug-likeness (QED) is 0.381. The molecule has 1 heterocycles. The minimum Gasteiger partial charge on any atom is -0.467 e. The number of carbonyl (C=O) groups is 3. The number of aryl methyl sites for hydroxylation is 1. The number of amides is 2. The molecule has 2 aromatic carbocycles. The lowest BCUT2D eigenvalue weighted by Gasteiger charge is -2.34. The molecule has 0 saturated carbocycles. The summed E-state index contributed by atoms with van der Waals surface area (Å²) in [6, 6.07) is 12.3. The maximum Gasteiger partial charge on any atom is 0.328 e. The molecule has 11 heteroatoms. The van der Waals surface area contributed by atoms with Gasteiger partial charge in [-0.05, 0) is 76.5 Å². The summed E-state index contributed by atoms with van der Waals surface area (Å²) in [5.41, 5.74) is 0.763. The van der Waals surface area contributed by atoms with E-state index in [1.54, 1.807) is 36.4 Å². The van der Waals surface area contributed by atoms with Crippen molar-refractivity contribution < 1.29 is 27.5 Å². The molecule has 1 atom stereocenters. The topological polar surface area (TPSA) is 134 Å². The highest BCUT2D eigenvalue weighted by Crippen LogP contribution is 2.24. The zero-order valence-corrected chi connectivity index (χ0v) is 23.9. The molecule has 2 amide bonds. The fourth-order valence-electron chi connectivity index (χ4n) is 4.27. The van der Waals surface area contributed by atoms with Crippen molar-refractivity contribution in [2.45, 2.75) is 56.5 Å². The average molecular weight is 559 g/mol. The lowest BCUT2D eigenvalue weighted by atomic mass is 9.97. The Morgan fingerprint density at radius 1 is 1.05 bits per heavy atom. The van der Waals surface area contributed by atoms with Crippen LogP contribution in [0.3, 0.4) is 0 Å². The van der Waals surface area contributed by atoms with E-state index in [9.17, 15) is 22.8 Å². The van der Waals surface area contributed by atoms with E-state index in [-0.39, 0.29) is 23.1 Å². The number of likely N-dealkylation sites (N-methyl/N-ethyl adjacent to an activating group) is 1.